The van der Waals surface area contributed by atoms with E-state index >= 15 is 0 Å². The Morgan fingerprint density at radius 1 is 0.325 bits per heavy atom. The Kier molecular flexibility index (Phi) is 20.8. The van der Waals surface area contributed by atoms with Crippen LogP contribution in [0.5, 0.6) is 23.0 Å². The first-order valence-electron chi connectivity index (χ1n) is 32.5. The fraction of sp³-hybridized carbons (Fsp3) is 0.553. The molecule has 6 aromatic rings. The van der Waals surface area contributed by atoms with Crippen LogP contribution in [-0.4, -0.2) is 42.3 Å². The van der Waals surface area contributed by atoms with E-state index in [1.807, 2.05) is 6.07 Å². The Morgan fingerprint density at radius 2 is 0.602 bits per heavy atom. The van der Waals surface area contributed by atoms with Crippen molar-refractivity contribution in [2.24, 2.45) is 0 Å². The third-order valence-electron chi connectivity index (χ3n) is 18.6. The second-order valence-corrected chi connectivity index (χ2v) is 26.6. The normalized spacial score (nSPS) is 17.8. The highest BCUT2D eigenvalue weighted by Gasteiger charge is 2.30. The zero-order valence-corrected chi connectivity index (χ0v) is 53.5. The molecular weight excluding hydrogens is 1020 g/mol. The minimum absolute atomic E-state index is 0.0977. The van der Waals surface area contributed by atoms with Crippen LogP contribution in [0.15, 0.2) is 84.9 Å². The number of rotatable bonds is 22. The van der Waals surface area contributed by atoms with Gasteiger partial charge in [0.2, 0.25) is 0 Å². The summed E-state index contributed by atoms with van der Waals surface area (Å²) in [6, 6.07) is 32.6. The van der Waals surface area contributed by atoms with Crippen LogP contribution in [0.4, 0.5) is 0 Å². The maximum absolute atomic E-state index is 11.4. The number of phenolic OH excluding ortho intramolecular Hbond substituents is 1. The Hall–Kier alpha value is -5.34. The van der Waals surface area contributed by atoms with E-state index in [0.717, 1.165) is 72.5 Å². The molecule has 7 heteroatoms. The van der Waals surface area contributed by atoms with Crippen molar-refractivity contribution in [3.63, 3.8) is 0 Å². The van der Waals surface area contributed by atoms with Crippen LogP contribution >= 0.6 is 0 Å². The summed E-state index contributed by atoms with van der Waals surface area (Å²) in [7, 11) is 0. The van der Waals surface area contributed by atoms with Gasteiger partial charge in [0.05, 0.1) is 18.3 Å². The van der Waals surface area contributed by atoms with E-state index in [-0.39, 0.29) is 72.7 Å². The Bertz CT molecular complexity index is 3040. The lowest BCUT2D eigenvalue weighted by atomic mass is 9.77. The van der Waals surface area contributed by atoms with Crippen LogP contribution in [0, 0.1) is 27.7 Å². The Labute approximate surface area is 500 Å². The monoisotopic (exact) mass is 1130 g/mol. The minimum Gasteiger partial charge on any atom is -0.508 e. The van der Waals surface area contributed by atoms with Crippen molar-refractivity contribution in [2.75, 3.05) is 0 Å². The van der Waals surface area contributed by atoms with Gasteiger partial charge in [0.1, 0.15) is 23.0 Å². The third kappa shape index (κ3) is 15.0. The van der Waals surface area contributed by atoms with Gasteiger partial charge in [0.15, 0.2) is 18.9 Å². The summed E-state index contributed by atoms with van der Waals surface area (Å²) in [4.78, 5) is 0. The molecule has 4 unspecified atom stereocenters. The molecule has 0 aliphatic heterocycles. The van der Waals surface area contributed by atoms with Crippen molar-refractivity contribution in [1.82, 2.24) is 0 Å². The fourth-order valence-corrected chi connectivity index (χ4v) is 14.0. The molecule has 3 saturated carbocycles. The van der Waals surface area contributed by atoms with Crippen molar-refractivity contribution < 1.29 is 33.5 Å². The average molecular weight is 1130 g/mol. The number of aryl methyl sites for hydroxylation is 4. The number of ether oxygens (including phenoxy) is 6. The fourth-order valence-electron chi connectivity index (χ4n) is 14.0. The predicted octanol–water partition coefficient (Wildman–Crippen LogP) is 20.9. The van der Waals surface area contributed by atoms with Gasteiger partial charge < -0.3 is 33.5 Å². The standard InChI is InChI=1S/C76H102O7/c1-45(2)63-41-67(49(9)35-71(63)77)75(68-42-64(46(3)4)72(36-50(68)10)81-53(13)78-60-25-19-16-20-26-60)58-33-31-57-40-59(34-32-56(57)39-58)76(69-43-65(47(5)6)73(37-51(69)11)82-54(14)79-61-27-21-17-22-28-61)70-44-66(48(7)8)74(38-52(70)12)83-55(15)80-62-29-23-18-24-30-62/h31-48,53-55,60-62,75-77H,16-30H2,1-15H3. The van der Waals surface area contributed by atoms with Gasteiger partial charge in [0, 0.05) is 11.8 Å². The summed E-state index contributed by atoms with van der Waals surface area (Å²) in [6.45, 7) is 33.0. The summed E-state index contributed by atoms with van der Waals surface area (Å²) >= 11 is 0. The molecule has 0 bridgehead atoms. The van der Waals surface area contributed by atoms with E-state index < -0.39 is 0 Å². The molecular formula is C76H102O7. The van der Waals surface area contributed by atoms with Gasteiger partial charge in [-0.05, 0) is 224 Å². The van der Waals surface area contributed by atoms with Gasteiger partial charge in [-0.1, -0.05) is 174 Å². The van der Waals surface area contributed by atoms with E-state index in [0.29, 0.717) is 5.75 Å². The molecule has 0 amide bonds. The number of benzene rings is 6. The highest BCUT2D eigenvalue weighted by molar-refractivity contribution is 5.85. The minimum atomic E-state index is -0.349. The zero-order valence-electron chi connectivity index (χ0n) is 53.5. The van der Waals surface area contributed by atoms with Crippen LogP contribution in [-0.2, 0) is 14.2 Å². The van der Waals surface area contributed by atoms with Gasteiger partial charge in [-0.3, -0.25) is 0 Å². The molecule has 0 heterocycles. The molecule has 1 N–H and O–H groups in total. The topological polar surface area (TPSA) is 75.6 Å². The number of fused-ring (bicyclic) bond motifs is 1. The lowest BCUT2D eigenvalue weighted by Crippen LogP contribution is -2.26. The maximum Gasteiger partial charge on any atom is 0.197 e. The molecule has 3 aliphatic rings. The van der Waals surface area contributed by atoms with E-state index in [1.54, 1.807) is 0 Å². The van der Waals surface area contributed by atoms with Crippen LogP contribution in [0.1, 0.15) is 286 Å². The first-order valence-corrected chi connectivity index (χ1v) is 32.5. The van der Waals surface area contributed by atoms with E-state index in [2.05, 4.69) is 183 Å². The summed E-state index contributed by atoms with van der Waals surface area (Å²) < 4.78 is 40.0. The van der Waals surface area contributed by atoms with Crippen LogP contribution in [0.25, 0.3) is 10.8 Å². The number of aromatic hydroxyl groups is 1. The molecule has 0 spiro atoms. The first kappa shape index (κ1) is 62.2. The maximum atomic E-state index is 11.4. The second-order valence-electron chi connectivity index (χ2n) is 26.6. The first-order chi connectivity index (χ1) is 39.7. The number of hydrogen-bond acceptors (Lipinski definition) is 7. The lowest BCUT2D eigenvalue weighted by Gasteiger charge is -2.30. The van der Waals surface area contributed by atoms with Gasteiger partial charge in [-0.15, -0.1) is 0 Å². The predicted molar refractivity (Wildman–Crippen MR) is 343 cm³/mol. The SMILES string of the molecule is Cc1cc(O)c(C(C)C)cc1C(c1ccc2cc(C(c3cc(C(C)C)c(OC(C)OC4CCCCC4)cc3C)c3cc(C(C)C)c(OC(C)OC4CCCCC4)cc3C)ccc2c1)c1cc(C(C)C)c(OC(C)OC2CCCCC2)cc1C. The largest absolute Gasteiger partial charge is 0.508 e. The van der Waals surface area contributed by atoms with Crippen molar-refractivity contribution in [1.29, 1.82) is 0 Å². The van der Waals surface area contributed by atoms with Gasteiger partial charge >= 0.3 is 0 Å². The molecule has 0 saturated heterocycles. The molecule has 3 aliphatic carbocycles. The van der Waals surface area contributed by atoms with Crippen molar-refractivity contribution in [2.45, 2.75) is 273 Å². The van der Waals surface area contributed by atoms with Gasteiger partial charge in [-0.2, -0.15) is 0 Å². The molecule has 83 heavy (non-hydrogen) atoms. The number of phenols is 1. The average Bonchev–Trinajstić information content (AvgIpc) is 2.97. The van der Waals surface area contributed by atoms with Crippen LogP contribution in [0.2, 0.25) is 0 Å². The summed E-state index contributed by atoms with van der Waals surface area (Å²) in [5, 5.41) is 13.7. The van der Waals surface area contributed by atoms with E-state index in [1.165, 1.54) is 130 Å². The van der Waals surface area contributed by atoms with Gasteiger partial charge in [-0.25, -0.2) is 0 Å². The molecule has 448 valence electrons. The highest BCUT2D eigenvalue weighted by atomic mass is 16.7. The molecule has 0 radical (unpaired) electrons. The van der Waals surface area contributed by atoms with E-state index in [9.17, 15) is 5.11 Å². The lowest BCUT2D eigenvalue weighted by molar-refractivity contribution is -0.117. The quantitative estimate of drug-likeness (QED) is 0.0536. The molecule has 0 aromatic heterocycles. The Morgan fingerprint density at radius 3 is 0.892 bits per heavy atom. The number of hydrogen-bond donors (Lipinski definition) is 1. The van der Waals surface area contributed by atoms with Crippen LogP contribution < -0.4 is 14.2 Å². The summed E-state index contributed by atoms with van der Waals surface area (Å²) in [5.74, 6) is 3.61. The van der Waals surface area contributed by atoms with Crippen molar-refractivity contribution >= 4 is 10.8 Å². The zero-order chi connectivity index (χ0) is 59.2. The highest BCUT2D eigenvalue weighted by Crippen LogP contribution is 2.47. The molecule has 4 atom stereocenters. The smallest absolute Gasteiger partial charge is 0.197 e. The third-order valence-corrected chi connectivity index (χ3v) is 18.6. The molecule has 9 rings (SSSR count). The Balaban J connectivity index is 1.15. The summed E-state index contributed by atoms with van der Waals surface area (Å²) in [6.07, 6.45) is 17.5. The summed E-state index contributed by atoms with van der Waals surface area (Å²) in [5.41, 5.74) is 16.5. The van der Waals surface area contributed by atoms with Crippen molar-refractivity contribution in [3.8, 4) is 23.0 Å². The molecule has 7 nitrogen and oxygen atoms in total. The second kappa shape index (κ2) is 27.8. The molecule has 3 fully saturated rings. The van der Waals surface area contributed by atoms with Crippen LogP contribution in [0.3, 0.4) is 0 Å². The van der Waals surface area contributed by atoms with Gasteiger partial charge in [0.25, 0.3) is 0 Å². The van der Waals surface area contributed by atoms with E-state index in [4.69, 9.17) is 28.4 Å². The van der Waals surface area contributed by atoms with Crippen molar-refractivity contribution in [3.05, 3.63) is 163 Å². The molecule has 6 aromatic carbocycles.